The molecule has 3 rings (SSSR count). The Labute approximate surface area is 156 Å². The molecule has 0 amide bonds. The molecule has 3 nitrogen and oxygen atoms in total. The molecule has 2 N–H and O–H groups in total. The van der Waals surface area contributed by atoms with Gasteiger partial charge in [-0.1, -0.05) is 37.3 Å². The first kappa shape index (κ1) is 17.7. The molecule has 1 saturated heterocycles. The van der Waals surface area contributed by atoms with E-state index >= 15 is 0 Å². The largest absolute Gasteiger partial charge is 0.371 e. The summed E-state index contributed by atoms with van der Waals surface area (Å²) in [6, 6.07) is 19.0. The number of nitrogens with one attached hydrogen (secondary N) is 2. The average Bonchev–Trinajstić information content (AvgIpc) is 2.62. The van der Waals surface area contributed by atoms with E-state index in [1.807, 2.05) is 30.3 Å². The van der Waals surface area contributed by atoms with E-state index in [-0.39, 0.29) is 6.04 Å². The Kier molecular flexibility index (Phi) is 5.92. The number of hydrogen-bond donors (Lipinski definition) is 2. The maximum atomic E-state index is 5.42. The summed E-state index contributed by atoms with van der Waals surface area (Å²) in [6.45, 7) is 6.81. The minimum atomic E-state index is 0.165. The summed E-state index contributed by atoms with van der Waals surface area (Å²) >= 11 is 5.42. The van der Waals surface area contributed by atoms with Crippen LogP contribution in [0.4, 0.5) is 11.4 Å². The van der Waals surface area contributed by atoms with Crippen LogP contribution >= 0.6 is 12.2 Å². The molecule has 1 heterocycles. The van der Waals surface area contributed by atoms with Gasteiger partial charge in [0.25, 0.3) is 0 Å². The predicted octanol–water partition coefficient (Wildman–Crippen LogP) is 4.97. The smallest absolute Gasteiger partial charge is 0.171 e. The number of para-hydroxylation sites is 1. The Morgan fingerprint density at radius 1 is 1.12 bits per heavy atom. The average molecular weight is 354 g/mol. The molecular formula is C21H27N3S. The van der Waals surface area contributed by atoms with Gasteiger partial charge in [-0.2, -0.15) is 0 Å². The summed E-state index contributed by atoms with van der Waals surface area (Å²) < 4.78 is 0. The molecule has 0 aromatic heterocycles. The molecule has 1 aliphatic rings. The lowest BCUT2D eigenvalue weighted by Crippen LogP contribution is -2.34. The molecule has 0 saturated carbocycles. The lowest BCUT2D eigenvalue weighted by Gasteiger charge is -2.33. The number of thiocarbonyl (C=S) groups is 1. The van der Waals surface area contributed by atoms with Crippen LogP contribution < -0.4 is 15.5 Å². The monoisotopic (exact) mass is 353 g/mol. The van der Waals surface area contributed by atoms with Gasteiger partial charge in [-0.05, 0) is 67.7 Å². The zero-order chi connectivity index (χ0) is 17.6. The number of hydrogen-bond acceptors (Lipinski definition) is 2. The minimum Gasteiger partial charge on any atom is -0.371 e. The van der Waals surface area contributed by atoms with Crippen LogP contribution in [0.25, 0.3) is 0 Å². The van der Waals surface area contributed by atoms with Gasteiger partial charge < -0.3 is 15.5 Å². The van der Waals surface area contributed by atoms with Crippen molar-refractivity contribution in [2.75, 3.05) is 23.3 Å². The van der Waals surface area contributed by atoms with Gasteiger partial charge in [0.15, 0.2) is 5.11 Å². The molecule has 1 fully saturated rings. The highest BCUT2D eigenvalue weighted by molar-refractivity contribution is 7.80. The summed E-state index contributed by atoms with van der Waals surface area (Å²) in [5.41, 5.74) is 3.57. The van der Waals surface area contributed by atoms with E-state index in [1.165, 1.54) is 30.6 Å². The molecule has 0 bridgehead atoms. The van der Waals surface area contributed by atoms with Crippen LogP contribution in [0.5, 0.6) is 0 Å². The van der Waals surface area contributed by atoms with Crippen LogP contribution in [0.2, 0.25) is 0 Å². The third-order valence-corrected chi connectivity index (χ3v) is 5.01. The summed E-state index contributed by atoms with van der Waals surface area (Å²) in [6.07, 6.45) is 2.64. The minimum absolute atomic E-state index is 0.165. The Balaban J connectivity index is 1.57. The summed E-state index contributed by atoms with van der Waals surface area (Å²) in [7, 11) is 0. The van der Waals surface area contributed by atoms with Crippen LogP contribution in [0.3, 0.4) is 0 Å². The SMILES string of the molecule is C[C@H]1CCCN(c2ccc([C@@H](C)NC(=S)Nc3ccccc3)cc2)C1. The van der Waals surface area contributed by atoms with Gasteiger partial charge >= 0.3 is 0 Å². The maximum Gasteiger partial charge on any atom is 0.171 e. The number of anilines is 2. The van der Waals surface area contributed by atoms with Crippen molar-refractivity contribution in [1.82, 2.24) is 5.32 Å². The lowest BCUT2D eigenvalue weighted by molar-refractivity contribution is 0.447. The molecule has 2 aromatic carbocycles. The third kappa shape index (κ3) is 4.95. The standard InChI is InChI=1S/C21H27N3S/c1-16-7-6-14-24(15-16)20-12-10-18(11-13-20)17(2)22-21(25)23-19-8-4-3-5-9-19/h3-5,8-13,16-17H,6-7,14-15H2,1-2H3,(H2,22,23,25)/t16-,17+/m0/s1. The highest BCUT2D eigenvalue weighted by Crippen LogP contribution is 2.24. The number of nitrogens with zero attached hydrogens (tertiary/aromatic N) is 1. The van der Waals surface area contributed by atoms with Crippen LogP contribution in [0.1, 0.15) is 38.3 Å². The predicted molar refractivity (Wildman–Crippen MR) is 111 cm³/mol. The molecule has 0 unspecified atom stereocenters. The first-order chi connectivity index (χ1) is 12.1. The van der Waals surface area contributed by atoms with Crippen molar-refractivity contribution in [1.29, 1.82) is 0 Å². The van der Waals surface area contributed by atoms with Crippen molar-refractivity contribution in [2.45, 2.75) is 32.7 Å². The Morgan fingerprint density at radius 2 is 1.84 bits per heavy atom. The van der Waals surface area contributed by atoms with Gasteiger partial charge in [-0.25, -0.2) is 0 Å². The number of benzene rings is 2. The fourth-order valence-electron chi connectivity index (χ4n) is 3.37. The van der Waals surface area contributed by atoms with Gasteiger partial charge in [-0.15, -0.1) is 0 Å². The molecule has 2 atom stereocenters. The summed E-state index contributed by atoms with van der Waals surface area (Å²) in [4.78, 5) is 2.50. The second kappa shape index (κ2) is 8.34. The van der Waals surface area contributed by atoms with Gasteiger partial charge in [0.1, 0.15) is 0 Å². The van der Waals surface area contributed by atoms with Gasteiger partial charge in [0.2, 0.25) is 0 Å². The molecule has 132 valence electrons. The van der Waals surface area contributed by atoms with Crippen LogP contribution in [-0.2, 0) is 0 Å². The van der Waals surface area contributed by atoms with Crippen molar-refractivity contribution < 1.29 is 0 Å². The second-order valence-corrected chi connectivity index (χ2v) is 7.38. The molecular weight excluding hydrogens is 326 g/mol. The fourth-order valence-corrected chi connectivity index (χ4v) is 3.66. The highest BCUT2D eigenvalue weighted by Gasteiger charge is 2.16. The van der Waals surface area contributed by atoms with E-state index in [0.717, 1.165) is 18.2 Å². The van der Waals surface area contributed by atoms with Crippen molar-refractivity contribution in [2.24, 2.45) is 5.92 Å². The zero-order valence-electron chi connectivity index (χ0n) is 15.0. The first-order valence-corrected chi connectivity index (χ1v) is 9.50. The fraction of sp³-hybridized carbons (Fsp3) is 0.381. The second-order valence-electron chi connectivity index (χ2n) is 6.97. The van der Waals surface area contributed by atoms with Crippen molar-refractivity contribution in [3.63, 3.8) is 0 Å². The van der Waals surface area contributed by atoms with Gasteiger partial charge in [-0.3, -0.25) is 0 Å². The van der Waals surface area contributed by atoms with Crippen LogP contribution in [-0.4, -0.2) is 18.2 Å². The van der Waals surface area contributed by atoms with E-state index < -0.39 is 0 Å². The van der Waals surface area contributed by atoms with E-state index in [2.05, 4.69) is 53.6 Å². The molecule has 0 aliphatic carbocycles. The molecule has 4 heteroatoms. The van der Waals surface area contributed by atoms with Gasteiger partial charge in [0.05, 0.1) is 6.04 Å². The zero-order valence-corrected chi connectivity index (χ0v) is 15.9. The van der Waals surface area contributed by atoms with E-state index in [4.69, 9.17) is 12.2 Å². The number of piperidine rings is 1. The van der Waals surface area contributed by atoms with Crippen molar-refractivity contribution >= 4 is 28.7 Å². The third-order valence-electron chi connectivity index (χ3n) is 4.79. The van der Waals surface area contributed by atoms with E-state index in [1.54, 1.807) is 0 Å². The quantitative estimate of drug-likeness (QED) is 0.759. The first-order valence-electron chi connectivity index (χ1n) is 9.09. The Morgan fingerprint density at radius 3 is 2.52 bits per heavy atom. The lowest BCUT2D eigenvalue weighted by atomic mass is 9.99. The number of rotatable bonds is 4. The Bertz CT molecular complexity index is 684. The van der Waals surface area contributed by atoms with Crippen LogP contribution in [0, 0.1) is 5.92 Å². The van der Waals surface area contributed by atoms with Crippen molar-refractivity contribution in [3.8, 4) is 0 Å². The van der Waals surface area contributed by atoms with Crippen LogP contribution in [0.15, 0.2) is 54.6 Å². The molecule has 25 heavy (non-hydrogen) atoms. The highest BCUT2D eigenvalue weighted by atomic mass is 32.1. The maximum absolute atomic E-state index is 5.42. The van der Waals surface area contributed by atoms with E-state index in [0.29, 0.717) is 5.11 Å². The molecule has 0 spiro atoms. The Hall–Kier alpha value is -2.07. The van der Waals surface area contributed by atoms with Crippen molar-refractivity contribution in [3.05, 3.63) is 60.2 Å². The normalized spacial score (nSPS) is 18.5. The topological polar surface area (TPSA) is 27.3 Å². The van der Waals surface area contributed by atoms with Gasteiger partial charge in [0, 0.05) is 24.5 Å². The molecule has 2 aromatic rings. The summed E-state index contributed by atoms with van der Waals surface area (Å²) in [5.74, 6) is 0.787. The van der Waals surface area contributed by atoms with E-state index in [9.17, 15) is 0 Å². The molecule has 1 aliphatic heterocycles. The molecule has 0 radical (unpaired) electrons. The summed E-state index contributed by atoms with van der Waals surface area (Å²) in [5, 5.41) is 7.23.